The first-order valence-electron chi connectivity index (χ1n) is 10.3. The number of fused-ring (bicyclic) bond motifs is 2. The molecule has 7 nitrogen and oxygen atoms in total. The van der Waals surface area contributed by atoms with Gasteiger partial charge in [0.2, 0.25) is 0 Å². The maximum Gasteiger partial charge on any atom is 0.258 e. The molecule has 4 aromatic rings. The minimum atomic E-state index is -0.115. The molecule has 7 heteroatoms. The third-order valence-corrected chi connectivity index (χ3v) is 5.51. The highest BCUT2D eigenvalue weighted by atomic mass is 16.1. The van der Waals surface area contributed by atoms with E-state index in [-0.39, 0.29) is 5.56 Å². The molecule has 0 aliphatic heterocycles. The molecule has 0 saturated carbocycles. The van der Waals surface area contributed by atoms with Crippen LogP contribution in [0.5, 0.6) is 0 Å². The lowest BCUT2D eigenvalue weighted by atomic mass is 10.2. The number of nitrogens with one attached hydrogen (secondary N) is 1. The summed E-state index contributed by atoms with van der Waals surface area (Å²) in [6.45, 7) is 3.31. The van der Waals surface area contributed by atoms with Crippen LogP contribution >= 0.6 is 0 Å². The van der Waals surface area contributed by atoms with Crippen molar-refractivity contribution in [1.29, 1.82) is 0 Å². The molecule has 0 bridgehead atoms. The zero-order chi connectivity index (χ0) is 20.5. The molecule has 30 heavy (non-hydrogen) atoms. The van der Waals surface area contributed by atoms with E-state index < -0.39 is 0 Å². The average Bonchev–Trinajstić information content (AvgIpc) is 3.26. The van der Waals surface area contributed by atoms with E-state index in [1.54, 1.807) is 18.5 Å². The van der Waals surface area contributed by atoms with Gasteiger partial charge >= 0.3 is 0 Å². The summed E-state index contributed by atoms with van der Waals surface area (Å²) in [6, 6.07) is 11.3. The molecule has 0 saturated heterocycles. The van der Waals surface area contributed by atoms with E-state index in [0.717, 1.165) is 42.9 Å². The standard InChI is InChI=1S/C23H22N6O/c1-2-29(14-20-25-19-10-4-3-8-17(19)23(30)27-20)22-16-9-5-11-18(16)26-21(28-22)15-7-6-12-24-13-15/h3-4,6-8,10,12-13H,2,5,9,11,14H2,1H3,(H,25,27,30). The number of H-pyrrole nitrogens is 1. The first kappa shape index (κ1) is 18.4. The first-order valence-corrected chi connectivity index (χ1v) is 10.3. The number of hydrogen-bond donors (Lipinski definition) is 1. The monoisotopic (exact) mass is 398 g/mol. The van der Waals surface area contributed by atoms with Gasteiger partial charge in [0.25, 0.3) is 5.56 Å². The van der Waals surface area contributed by atoms with E-state index in [4.69, 9.17) is 9.97 Å². The Balaban J connectivity index is 1.57. The number of hydrogen-bond acceptors (Lipinski definition) is 6. The van der Waals surface area contributed by atoms with Crippen LogP contribution < -0.4 is 10.5 Å². The second-order valence-electron chi connectivity index (χ2n) is 7.44. The van der Waals surface area contributed by atoms with E-state index in [2.05, 4.69) is 26.8 Å². The van der Waals surface area contributed by atoms with Crippen LogP contribution in [-0.2, 0) is 19.4 Å². The summed E-state index contributed by atoms with van der Waals surface area (Å²) in [5.74, 6) is 2.25. The number of para-hydroxylation sites is 1. The number of anilines is 1. The highest BCUT2D eigenvalue weighted by Crippen LogP contribution is 2.31. The fourth-order valence-corrected chi connectivity index (χ4v) is 4.03. The molecule has 0 atom stereocenters. The van der Waals surface area contributed by atoms with Crippen LogP contribution in [0.25, 0.3) is 22.3 Å². The van der Waals surface area contributed by atoms with Gasteiger partial charge in [-0.1, -0.05) is 12.1 Å². The van der Waals surface area contributed by atoms with Gasteiger partial charge in [-0.15, -0.1) is 0 Å². The fraction of sp³-hybridized carbons (Fsp3) is 0.261. The van der Waals surface area contributed by atoms with Gasteiger partial charge in [-0.05, 0) is 50.5 Å². The van der Waals surface area contributed by atoms with Crippen LogP contribution in [0, 0.1) is 0 Å². The van der Waals surface area contributed by atoms with Gasteiger partial charge in [-0.3, -0.25) is 9.78 Å². The minimum absolute atomic E-state index is 0.115. The Labute approximate surface area is 173 Å². The van der Waals surface area contributed by atoms with Crippen LogP contribution in [-0.4, -0.2) is 31.5 Å². The second-order valence-corrected chi connectivity index (χ2v) is 7.44. The summed E-state index contributed by atoms with van der Waals surface area (Å²) < 4.78 is 0. The lowest BCUT2D eigenvalue weighted by Gasteiger charge is -2.24. The van der Waals surface area contributed by atoms with Gasteiger partial charge in [-0.2, -0.15) is 0 Å². The smallest absolute Gasteiger partial charge is 0.258 e. The normalized spacial score (nSPS) is 12.8. The molecule has 1 aromatic carbocycles. The largest absolute Gasteiger partial charge is 0.349 e. The Morgan fingerprint density at radius 1 is 1.07 bits per heavy atom. The van der Waals surface area contributed by atoms with E-state index in [1.807, 2.05) is 30.3 Å². The molecule has 150 valence electrons. The van der Waals surface area contributed by atoms with Crippen LogP contribution in [0.1, 0.15) is 30.4 Å². The summed E-state index contributed by atoms with van der Waals surface area (Å²) in [4.78, 5) is 36.2. The molecule has 0 amide bonds. The molecule has 3 heterocycles. The number of rotatable bonds is 5. The van der Waals surface area contributed by atoms with Gasteiger partial charge in [0.05, 0.1) is 17.4 Å². The van der Waals surface area contributed by atoms with Crippen molar-refractivity contribution in [2.45, 2.75) is 32.7 Å². The predicted octanol–water partition coefficient (Wildman–Crippen LogP) is 3.29. The lowest BCUT2D eigenvalue weighted by Crippen LogP contribution is -2.27. The van der Waals surface area contributed by atoms with Crippen LogP contribution in [0.4, 0.5) is 5.82 Å². The number of pyridine rings is 1. The van der Waals surface area contributed by atoms with Crippen molar-refractivity contribution >= 4 is 16.7 Å². The molecule has 3 aromatic heterocycles. The van der Waals surface area contributed by atoms with Gasteiger partial charge in [0, 0.05) is 35.8 Å². The Hall–Kier alpha value is -3.61. The summed E-state index contributed by atoms with van der Waals surface area (Å²) in [6.07, 6.45) is 6.55. The SMILES string of the molecule is CCN(Cc1nc2ccccc2c(=O)[nH]1)c1nc(-c2cccnc2)nc2c1CCC2. The van der Waals surface area contributed by atoms with Crippen molar-refractivity contribution in [2.24, 2.45) is 0 Å². The van der Waals surface area contributed by atoms with Gasteiger partial charge in [0.15, 0.2) is 5.82 Å². The number of benzene rings is 1. The molecule has 0 fully saturated rings. The zero-order valence-corrected chi connectivity index (χ0v) is 16.8. The van der Waals surface area contributed by atoms with E-state index in [9.17, 15) is 4.79 Å². The third kappa shape index (κ3) is 3.32. The third-order valence-electron chi connectivity index (χ3n) is 5.51. The molecule has 0 radical (unpaired) electrons. The van der Waals surface area contributed by atoms with Crippen molar-refractivity contribution in [2.75, 3.05) is 11.4 Å². The summed E-state index contributed by atoms with van der Waals surface area (Å²) >= 11 is 0. The highest BCUT2D eigenvalue weighted by molar-refractivity contribution is 5.77. The molecule has 5 rings (SSSR count). The van der Waals surface area contributed by atoms with Crippen LogP contribution in [0.3, 0.4) is 0 Å². The van der Waals surface area contributed by atoms with Crippen LogP contribution in [0.15, 0.2) is 53.6 Å². The van der Waals surface area contributed by atoms with Gasteiger partial charge in [0.1, 0.15) is 11.6 Å². The Morgan fingerprint density at radius 2 is 1.97 bits per heavy atom. The van der Waals surface area contributed by atoms with Gasteiger partial charge in [-0.25, -0.2) is 15.0 Å². The average molecular weight is 398 g/mol. The van der Waals surface area contributed by atoms with Crippen molar-refractivity contribution < 1.29 is 0 Å². The first-order chi connectivity index (χ1) is 14.7. The fourth-order valence-electron chi connectivity index (χ4n) is 4.03. The molecule has 1 aliphatic carbocycles. The van der Waals surface area contributed by atoms with E-state index in [1.165, 1.54) is 5.56 Å². The minimum Gasteiger partial charge on any atom is -0.349 e. The Kier molecular flexibility index (Phi) is 4.71. The quantitative estimate of drug-likeness (QED) is 0.555. The van der Waals surface area contributed by atoms with E-state index in [0.29, 0.717) is 29.1 Å². The summed E-state index contributed by atoms with van der Waals surface area (Å²) in [5, 5.41) is 0.603. The molecular weight excluding hydrogens is 376 g/mol. The topological polar surface area (TPSA) is 87.7 Å². The number of aryl methyl sites for hydroxylation is 1. The lowest BCUT2D eigenvalue weighted by molar-refractivity contribution is 0.760. The van der Waals surface area contributed by atoms with Crippen molar-refractivity contribution in [3.05, 3.63) is 76.2 Å². The van der Waals surface area contributed by atoms with Crippen molar-refractivity contribution in [1.82, 2.24) is 24.9 Å². The number of aromatic amines is 1. The molecule has 1 N–H and O–H groups in total. The molecular formula is C23H22N6O. The number of nitrogens with zero attached hydrogens (tertiary/aromatic N) is 5. The molecule has 0 unspecified atom stereocenters. The second kappa shape index (κ2) is 7.67. The molecule has 0 spiro atoms. The zero-order valence-electron chi connectivity index (χ0n) is 16.8. The maximum absolute atomic E-state index is 12.5. The number of aromatic nitrogens is 5. The molecule has 1 aliphatic rings. The van der Waals surface area contributed by atoms with Crippen molar-refractivity contribution in [3.63, 3.8) is 0 Å². The van der Waals surface area contributed by atoms with Gasteiger partial charge < -0.3 is 9.88 Å². The van der Waals surface area contributed by atoms with E-state index >= 15 is 0 Å². The van der Waals surface area contributed by atoms with Crippen LogP contribution in [0.2, 0.25) is 0 Å². The predicted molar refractivity (Wildman–Crippen MR) is 116 cm³/mol. The summed E-state index contributed by atoms with van der Waals surface area (Å²) in [7, 11) is 0. The van der Waals surface area contributed by atoms with Crippen molar-refractivity contribution in [3.8, 4) is 11.4 Å². The Morgan fingerprint density at radius 3 is 2.80 bits per heavy atom. The highest BCUT2D eigenvalue weighted by Gasteiger charge is 2.23. The Bertz CT molecular complexity index is 1270. The summed E-state index contributed by atoms with van der Waals surface area (Å²) in [5.41, 5.74) is 3.80. The maximum atomic E-state index is 12.5.